The van der Waals surface area contributed by atoms with Crippen molar-refractivity contribution in [3.8, 4) is 6.07 Å². The molecule has 0 fully saturated rings. The van der Waals surface area contributed by atoms with Crippen molar-refractivity contribution in [1.82, 2.24) is 4.98 Å². The summed E-state index contributed by atoms with van der Waals surface area (Å²) in [6.45, 7) is 0.326. The van der Waals surface area contributed by atoms with Crippen molar-refractivity contribution in [2.75, 3.05) is 5.32 Å². The Morgan fingerprint density at radius 2 is 2.12 bits per heavy atom. The van der Waals surface area contributed by atoms with Gasteiger partial charge in [-0.05, 0) is 12.1 Å². The summed E-state index contributed by atoms with van der Waals surface area (Å²) in [4.78, 5) is 3.92. The molecule has 0 aliphatic heterocycles. The summed E-state index contributed by atoms with van der Waals surface area (Å²) >= 11 is 0. The van der Waals surface area contributed by atoms with Crippen LogP contribution in [0.5, 0.6) is 0 Å². The van der Waals surface area contributed by atoms with Gasteiger partial charge in [0.2, 0.25) is 0 Å². The summed E-state index contributed by atoms with van der Waals surface area (Å²) in [6, 6.07) is 10.2. The van der Waals surface area contributed by atoms with Crippen LogP contribution in [0.4, 0.5) is 10.1 Å². The molecule has 0 aliphatic carbocycles. The van der Waals surface area contributed by atoms with Gasteiger partial charge in [-0.3, -0.25) is 4.98 Å². The standard InChI is InChI=1S/C13H10FN3/c14-12-4-2-1-3-11(12)8-17-13-9-16-6-5-10(13)7-15/h1-6,9,17H,8H2. The monoisotopic (exact) mass is 227 g/mol. The predicted octanol–water partition coefficient (Wildman–Crippen LogP) is 2.70. The first kappa shape index (κ1) is 11.1. The van der Waals surface area contributed by atoms with Crippen LogP contribution < -0.4 is 5.32 Å². The van der Waals surface area contributed by atoms with E-state index in [1.165, 1.54) is 6.07 Å². The second kappa shape index (κ2) is 5.08. The largest absolute Gasteiger partial charge is 0.379 e. The van der Waals surface area contributed by atoms with Crippen molar-refractivity contribution in [3.63, 3.8) is 0 Å². The second-order valence-electron chi connectivity index (χ2n) is 3.48. The zero-order valence-electron chi connectivity index (χ0n) is 9.02. The first-order valence-corrected chi connectivity index (χ1v) is 5.12. The smallest absolute Gasteiger partial charge is 0.128 e. The van der Waals surface area contributed by atoms with Crippen molar-refractivity contribution >= 4 is 5.69 Å². The molecule has 0 unspecified atom stereocenters. The van der Waals surface area contributed by atoms with Crippen LogP contribution >= 0.6 is 0 Å². The number of hydrogen-bond acceptors (Lipinski definition) is 3. The first-order valence-electron chi connectivity index (χ1n) is 5.12. The Hall–Kier alpha value is -2.41. The van der Waals surface area contributed by atoms with Crippen LogP contribution in [0.2, 0.25) is 0 Å². The fraction of sp³-hybridized carbons (Fsp3) is 0.0769. The van der Waals surface area contributed by atoms with Crippen molar-refractivity contribution < 1.29 is 4.39 Å². The maximum atomic E-state index is 13.4. The Balaban J connectivity index is 2.13. The second-order valence-corrected chi connectivity index (χ2v) is 3.48. The summed E-state index contributed by atoms with van der Waals surface area (Å²) in [5.41, 5.74) is 1.66. The highest BCUT2D eigenvalue weighted by Crippen LogP contribution is 2.14. The van der Waals surface area contributed by atoms with E-state index in [0.29, 0.717) is 23.4 Å². The molecule has 0 atom stereocenters. The number of anilines is 1. The van der Waals surface area contributed by atoms with E-state index in [-0.39, 0.29) is 5.82 Å². The Kier molecular flexibility index (Phi) is 3.31. The van der Waals surface area contributed by atoms with E-state index in [9.17, 15) is 4.39 Å². The van der Waals surface area contributed by atoms with E-state index in [2.05, 4.69) is 16.4 Å². The first-order chi connectivity index (χ1) is 8.31. The summed E-state index contributed by atoms with van der Waals surface area (Å²) < 4.78 is 13.4. The van der Waals surface area contributed by atoms with Crippen molar-refractivity contribution in [1.29, 1.82) is 5.26 Å². The lowest BCUT2D eigenvalue weighted by Gasteiger charge is -2.07. The lowest BCUT2D eigenvalue weighted by molar-refractivity contribution is 0.613. The van der Waals surface area contributed by atoms with Crippen molar-refractivity contribution in [3.05, 3.63) is 59.7 Å². The molecule has 0 aliphatic rings. The van der Waals surface area contributed by atoms with Crippen molar-refractivity contribution in [2.45, 2.75) is 6.54 Å². The molecule has 84 valence electrons. The van der Waals surface area contributed by atoms with E-state index in [4.69, 9.17) is 5.26 Å². The fourth-order valence-electron chi connectivity index (χ4n) is 1.47. The summed E-state index contributed by atoms with van der Waals surface area (Å²) in [5.74, 6) is -0.262. The Labute approximate surface area is 98.5 Å². The van der Waals surface area contributed by atoms with E-state index < -0.39 is 0 Å². The van der Waals surface area contributed by atoms with Gasteiger partial charge in [-0.1, -0.05) is 18.2 Å². The van der Waals surface area contributed by atoms with Gasteiger partial charge in [0.25, 0.3) is 0 Å². The molecule has 2 rings (SSSR count). The number of nitrogens with zero attached hydrogens (tertiary/aromatic N) is 2. The fourth-order valence-corrected chi connectivity index (χ4v) is 1.47. The van der Waals surface area contributed by atoms with Gasteiger partial charge in [-0.2, -0.15) is 5.26 Å². The number of benzene rings is 1. The van der Waals surface area contributed by atoms with Crippen LogP contribution in [0.25, 0.3) is 0 Å². The summed E-state index contributed by atoms with van der Waals surface area (Å²) in [5, 5.41) is 11.9. The minimum atomic E-state index is -0.262. The van der Waals surface area contributed by atoms with Crippen LogP contribution in [0.15, 0.2) is 42.7 Å². The highest BCUT2D eigenvalue weighted by molar-refractivity contribution is 5.55. The average molecular weight is 227 g/mol. The zero-order chi connectivity index (χ0) is 12.1. The molecule has 0 spiro atoms. The maximum Gasteiger partial charge on any atom is 0.128 e. The van der Waals surface area contributed by atoms with Gasteiger partial charge in [0.05, 0.1) is 17.4 Å². The third kappa shape index (κ3) is 2.58. The third-order valence-electron chi connectivity index (χ3n) is 2.37. The number of hydrogen-bond donors (Lipinski definition) is 1. The molecule has 17 heavy (non-hydrogen) atoms. The van der Waals surface area contributed by atoms with Gasteiger partial charge in [-0.15, -0.1) is 0 Å². The Morgan fingerprint density at radius 3 is 2.88 bits per heavy atom. The normalized spacial score (nSPS) is 9.65. The van der Waals surface area contributed by atoms with Gasteiger partial charge in [0.1, 0.15) is 11.9 Å². The minimum Gasteiger partial charge on any atom is -0.379 e. The highest BCUT2D eigenvalue weighted by atomic mass is 19.1. The van der Waals surface area contributed by atoms with Gasteiger partial charge in [0.15, 0.2) is 0 Å². The molecular formula is C13H10FN3. The molecule has 1 heterocycles. The van der Waals surface area contributed by atoms with E-state index in [0.717, 1.165) is 0 Å². The number of aromatic nitrogens is 1. The molecule has 0 radical (unpaired) electrons. The highest BCUT2D eigenvalue weighted by Gasteiger charge is 2.03. The molecule has 3 nitrogen and oxygen atoms in total. The molecule has 0 saturated heterocycles. The van der Waals surface area contributed by atoms with E-state index in [1.807, 2.05) is 0 Å². The van der Waals surface area contributed by atoms with Gasteiger partial charge in [0, 0.05) is 18.3 Å². The zero-order valence-corrected chi connectivity index (χ0v) is 9.02. The SMILES string of the molecule is N#Cc1ccncc1NCc1ccccc1F. The number of nitriles is 1. The molecule has 1 aromatic carbocycles. The van der Waals surface area contributed by atoms with Crippen molar-refractivity contribution in [2.24, 2.45) is 0 Å². The number of nitrogens with one attached hydrogen (secondary N) is 1. The van der Waals surface area contributed by atoms with Crippen LogP contribution in [0.1, 0.15) is 11.1 Å². The summed E-state index contributed by atoms with van der Waals surface area (Å²) in [6.07, 6.45) is 3.10. The van der Waals surface area contributed by atoms with Gasteiger partial charge in [-0.25, -0.2) is 4.39 Å². The van der Waals surface area contributed by atoms with Gasteiger partial charge < -0.3 is 5.32 Å². The van der Waals surface area contributed by atoms with Crippen LogP contribution in [0, 0.1) is 17.1 Å². The molecule has 0 amide bonds. The lowest BCUT2D eigenvalue weighted by Crippen LogP contribution is -2.03. The van der Waals surface area contributed by atoms with Gasteiger partial charge >= 0.3 is 0 Å². The Morgan fingerprint density at radius 1 is 1.29 bits per heavy atom. The van der Waals surface area contributed by atoms with Crippen LogP contribution in [0.3, 0.4) is 0 Å². The molecule has 1 aromatic heterocycles. The number of pyridine rings is 1. The Bertz CT molecular complexity index is 561. The van der Waals surface area contributed by atoms with E-state index >= 15 is 0 Å². The number of halogens is 1. The topological polar surface area (TPSA) is 48.7 Å². The number of rotatable bonds is 3. The predicted molar refractivity (Wildman–Crippen MR) is 62.7 cm³/mol. The van der Waals surface area contributed by atoms with E-state index in [1.54, 1.807) is 36.7 Å². The van der Waals surface area contributed by atoms with Crippen LogP contribution in [-0.2, 0) is 6.54 Å². The molecule has 1 N–H and O–H groups in total. The van der Waals surface area contributed by atoms with Crippen LogP contribution in [-0.4, -0.2) is 4.98 Å². The molecule has 4 heteroatoms. The third-order valence-corrected chi connectivity index (χ3v) is 2.37. The quantitative estimate of drug-likeness (QED) is 0.877. The molecule has 0 saturated carbocycles. The lowest BCUT2D eigenvalue weighted by atomic mass is 10.2. The molecule has 2 aromatic rings. The maximum absolute atomic E-state index is 13.4. The summed E-state index contributed by atoms with van der Waals surface area (Å²) in [7, 11) is 0. The average Bonchev–Trinajstić information content (AvgIpc) is 2.38. The molecular weight excluding hydrogens is 217 g/mol. The molecule has 0 bridgehead atoms. The minimum absolute atomic E-state index is 0.262.